The SMILES string of the molecule is Cc1ccnc(N2CC(C(=O)O)CC2=O)c1C#N. The van der Waals surface area contributed by atoms with Crippen molar-refractivity contribution in [3.8, 4) is 6.07 Å². The van der Waals surface area contributed by atoms with Crippen LogP contribution in [0.4, 0.5) is 5.82 Å². The monoisotopic (exact) mass is 245 g/mol. The highest BCUT2D eigenvalue weighted by Crippen LogP contribution is 2.27. The van der Waals surface area contributed by atoms with Gasteiger partial charge in [-0.1, -0.05) is 0 Å². The van der Waals surface area contributed by atoms with Crippen molar-refractivity contribution >= 4 is 17.7 Å². The average molecular weight is 245 g/mol. The molecule has 1 aliphatic rings. The van der Waals surface area contributed by atoms with Crippen molar-refractivity contribution in [3.05, 3.63) is 23.4 Å². The van der Waals surface area contributed by atoms with Gasteiger partial charge in [-0.25, -0.2) is 4.98 Å². The minimum absolute atomic E-state index is 0.0458. The fraction of sp³-hybridized carbons (Fsp3) is 0.333. The normalized spacial score (nSPS) is 18.8. The van der Waals surface area contributed by atoms with Gasteiger partial charge in [-0.15, -0.1) is 0 Å². The number of aliphatic carboxylic acids is 1. The molecule has 1 fully saturated rings. The molecule has 1 saturated heterocycles. The summed E-state index contributed by atoms with van der Waals surface area (Å²) < 4.78 is 0. The first-order chi connectivity index (χ1) is 8.54. The van der Waals surface area contributed by atoms with E-state index in [9.17, 15) is 9.59 Å². The molecule has 18 heavy (non-hydrogen) atoms. The molecule has 1 aromatic rings. The van der Waals surface area contributed by atoms with Crippen molar-refractivity contribution in [2.24, 2.45) is 5.92 Å². The first kappa shape index (κ1) is 12.0. The van der Waals surface area contributed by atoms with Crippen molar-refractivity contribution in [2.45, 2.75) is 13.3 Å². The number of carbonyl (C=O) groups is 2. The van der Waals surface area contributed by atoms with E-state index < -0.39 is 11.9 Å². The van der Waals surface area contributed by atoms with Crippen LogP contribution in [0.5, 0.6) is 0 Å². The van der Waals surface area contributed by atoms with Crippen LogP contribution in [0.3, 0.4) is 0 Å². The van der Waals surface area contributed by atoms with Crippen LogP contribution in [-0.4, -0.2) is 28.5 Å². The van der Waals surface area contributed by atoms with E-state index in [0.717, 1.165) is 0 Å². The zero-order chi connectivity index (χ0) is 13.3. The van der Waals surface area contributed by atoms with Gasteiger partial charge in [0.25, 0.3) is 0 Å². The first-order valence-electron chi connectivity index (χ1n) is 5.43. The molecule has 1 aromatic heterocycles. The smallest absolute Gasteiger partial charge is 0.308 e. The lowest BCUT2D eigenvalue weighted by Crippen LogP contribution is -2.27. The number of hydrogen-bond acceptors (Lipinski definition) is 4. The third kappa shape index (κ3) is 1.91. The van der Waals surface area contributed by atoms with E-state index in [2.05, 4.69) is 4.98 Å². The molecule has 1 amide bonds. The number of pyridine rings is 1. The Kier molecular flexibility index (Phi) is 2.98. The second kappa shape index (κ2) is 4.45. The lowest BCUT2D eigenvalue weighted by molar-refractivity contribution is -0.141. The van der Waals surface area contributed by atoms with E-state index in [1.54, 1.807) is 13.0 Å². The number of nitriles is 1. The van der Waals surface area contributed by atoms with Crippen molar-refractivity contribution < 1.29 is 14.7 Å². The fourth-order valence-corrected chi connectivity index (χ4v) is 1.96. The number of amides is 1. The van der Waals surface area contributed by atoms with Gasteiger partial charge in [-0.05, 0) is 18.6 Å². The number of anilines is 1. The molecule has 1 N–H and O–H groups in total. The van der Waals surface area contributed by atoms with Crippen LogP contribution in [0, 0.1) is 24.2 Å². The summed E-state index contributed by atoms with van der Waals surface area (Å²) in [5.41, 5.74) is 1.03. The number of rotatable bonds is 2. The molecule has 1 aliphatic heterocycles. The molecule has 2 heterocycles. The Morgan fingerprint density at radius 2 is 2.39 bits per heavy atom. The minimum Gasteiger partial charge on any atom is -0.481 e. The molecule has 0 saturated carbocycles. The third-order valence-corrected chi connectivity index (χ3v) is 2.98. The predicted molar refractivity (Wildman–Crippen MR) is 61.8 cm³/mol. The largest absolute Gasteiger partial charge is 0.481 e. The zero-order valence-electron chi connectivity index (χ0n) is 9.75. The maximum Gasteiger partial charge on any atom is 0.308 e. The summed E-state index contributed by atoms with van der Waals surface area (Å²) in [7, 11) is 0. The van der Waals surface area contributed by atoms with Crippen molar-refractivity contribution in [1.29, 1.82) is 5.26 Å². The van der Waals surface area contributed by atoms with Crippen molar-refractivity contribution in [3.63, 3.8) is 0 Å². The van der Waals surface area contributed by atoms with Crippen molar-refractivity contribution in [1.82, 2.24) is 4.98 Å². The number of nitrogens with zero attached hydrogens (tertiary/aromatic N) is 3. The van der Waals surface area contributed by atoms with Crippen LogP contribution in [0.1, 0.15) is 17.5 Å². The summed E-state index contributed by atoms with van der Waals surface area (Å²) in [5, 5.41) is 18.0. The standard InChI is InChI=1S/C12H11N3O3/c1-7-2-3-14-11(9(7)5-13)15-6-8(12(17)18)4-10(15)16/h2-3,8H,4,6H2,1H3,(H,17,18). The molecule has 2 rings (SSSR count). The molecular weight excluding hydrogens is 234 g/mol. The van der Waals surface area contributed by atoms with E-state index in [1.165, 1.54) is 11.1 Å². The predicted octanol–water partition coefficient (Wildman–Crippen LogP) is 0.699. The Balaban J connectivity index is 2.39. The number of carbonyl (C=O) groups excluding carboxylic acids is 1. The summed E-state index contributed by atoms with van der Waals surface area (Å²) in [6.07, 6.45) is 1.46. The Morgan fingerprint density at radius 1 is 1.67 bits per heavy atom. The Morgan fingerprint density at radius 3 is 2.94 bits per heavy atom. The molecule has 0 bridgehead atoms. The summed E-state index contributed by atoms with van der Waals surface area (Å²) in [6.45, 7) is 1.82. The Labute approximate surface area is 103 Å². The lowest BCUT2D eigenvalue weighted by Gasteiger charge is -2.16. The van der Waals surface area contributed by atoms with Crippen molar-refractivity contribution in [2.75, 3.05) is 11.4 Å². The number of carboxylic acids is 1. The Bertz CT molecular complexity index is 562. The number of hydrogen-bond donors (Lipinski definition) is 1. The maximum absolute atomic E-state index is 11.8. The highest BCUT2D eigenvalue weighted by atomic mass is 16.4. The van der Waals surface area contributed by atoms with Crippen LogP contribution in [0.25, 0.3) is 0 Å². The summed E-state index contributed by atoms with van der Waals surface area (Å²) in [4.78, 5) is 28.0. The van der Waals surface area contributed by atoms with Gasteiger partial charge >= 0.3 is 5.97 Å². The van der Waals surface area contributed by atoms with E-state index in [0.29, 0.717) is 11.1 Å². The third-order valence-electron chi connectivity index (χ3n) is 2.98. The number of aryl methyl sites for hydroxylation is 1. The molecule has 1 atom stereocenters. The van der Waals surface area contributed by atoms with Gasteiger partial charge in [0.2, 0.25) is 5.91 Å². The molecule has 0 spiro atoms. The first-order valence-corrected chi connectivity index (χ1v) is 5.43. The highest BCUT2D eigenvalue weighted by molar-refractivity contribution is 5.99. The topological polar surface area (TPSA) is 94.3 Å². The molecule has 0 aromatic carbocycles. The molecule has 0 aliphatic carbocycles. The van der Waals surface area contributed by atoms with Gasteiger partial charge in [0, 0.05) is 19.2 Å². The van der Waals surface area contributed by atoms with Crippen LogP contribution in [0.15, 0.2) is 12.3 Å². The second-order valence-electron chi connectivity index (χ2n) is 4.18. The van der Waals surface area contributed by atoms with Gasteiger partial charge in [0.15, 0.2) is 5.82 Å². The van der Waals surface area contributed by atoms with Gasteiger partial charge < -0.3 is 5.11 Å². The second-order valence-corrected chi connectivity index (χ2v) is 4.18. The van der Waals surface area contributed by atoms with Crippen LogP contribution in [-0.2, 0) is 9.59 Å². The average Bonchev–Trinajstić information content (AvgIpc) is 2.71. The lowest BCUT2D eigenvalue weighted by atomic mass is 10.1. The summed E-state index contributed by atoms with van der Waals surface area (Å²) >= 11 is 0. The molecule has 6 nitrogen and oxygen atoms in total. The van der Waals surface area contributed by atoms with Gasteiger partial charge in [0.05, 0.1) is 11.5 Å². The minimum atomic E-state index is -1.00. The molecular formula is C12H11N3O3. The van der Waals surface area contributed by atoms with Crippen LogP contribution in [0.2, 0.25) is 0 Å². The number of carboxylic acid groups (broad SMARTS) is 1. The Hall–Kier alpha value is -2.42. The van der Waals surface area contributed by atoms with Crippen LogP contribution >= 0.6 is 0 Å². The van der Waals surface area contributed by atoms with Gasteiger partial charge in [-0.2, -0.15) is 5.26 Å². The molecule has 1 unspecified atom stereocenters. The van der Waals surface area contributed by atoms with Gasteiger partial charge in [0.1, 0.15) is 6.07 Å². The van der Waals surface area contributed by atoms with E-state index >= 15 is 0 Å². The molecule has 6 heteroatoms. The molecule has 92 valence electrons. The van der Waals surface area contributed by atoms with E-state index in [4.69, 9.17) is 10.4 Å². The fourth-order valence-electron chi connectivity index (χ4n) is 1.96. The van der Waals surface area contributed by atoms with E-state index in [-0.39, 0.29) is 24.7 Å². The zero-order valence-corrected chi connectivity index (χ0v) is 9.75. The summed E-state index contributed by atoms with van der Waals surface area (Å²) in [5.74, 6) is -1.79. The molecule has 0 radical (unpaired) electrons. The number of aromatic nitrogens is 1. The quantitative estimate of drug-likeness (QED) is 0.827. The van der Waals surface area contributed by atoms with Crippen LogP contribution < -0.4 is 4.90 Å². The van der Waals surface area contributed by atoms with E-state index in [1.807, 2.05) is 6.07 Å². The maximum atomic E-state index is 11.8. The summed E-state index contributed by atoms with van der Waals surface area (Å²) in [6, 6.07) is 3.68. The van der Waals surface area contributed by atoms with Gasteiger partial charge in [-0.3, -0.25) is 14.5 Å². The highest BCUT2D eigenvalue weighted by Gasteiger charge is 2.36.